The number of nitrogen functional groups attached to an aromatic ring is 1. The molecule has 0 atom stereocenters. The van der Waals surface area contributed by atoms with Crippen LogP contribution in [0, 0.1) is 0 Å². The van der Waals surface area contributed by atoms with E-state index in [9.17, 15) is 9.59 Å². The third-order valence-corrected chi connectivity index (χ3v) is 3.53. The van der Waals surface area contributed by atoms with Crippen molar-refractivity contribution in [1.29, 1.82) is 0 Å². The van der Waals surface area contributed by atoms with Gasteiger partial charge in [0.1, 0.15) is 0 Å². The lowest BCUT2D eigenvalue weighted by molar-refractivity contribution is 0.0947. The Bertz CT molecular complexity index is 832. The molecule has 0 unspecified atom stereocenters. The van der Waals surface area contributed by atoms with Crippen molar-refractivity contribution in [2.24, 2.45) is 0 Å². The van der Waals surface area contributed by atoms with Gasteiger partial charge in [0.05, 0.1) is 12.1 Å². The zero-order valence-electron chi connectivity index (χ0n) is 10.3. The van der Waals surface area contributed by atoms with Gasteiger partial charge in [-0.3, -0.25) is 14.7 Å². The van der Waals surface area contributed by atoms with Crippen molar-refractivity contribution in [2.45, 2.75) is 6.54 Å². The summed E-state index contributed by atoms with van der Waals surface area (Å²) in [5, 5.41) is 11.8. The van der Waals surface area contributed by atoms with Crippen LogP contribution < -0.4 is 15.9 Å². The minimum Gasteiger partial charge on any atom is -0.399 e. The van der Waals surface area contributed by atoms with Gasteiger partial charge in [-0.1, -0.05) is 11.3 Å². The minimum absolute atomic E-state index is 0.146. The fraction of sp³-hybridized carbons (Fsp3) is 0.0833. The van der Waals surface area contributed by atoms with Gasteiger partial charge < -0.3 is 16.0 Å². The van der Waals surface area contributed by atoms with Crippen molar-refractivity contribution in [3.8, 4) is 0 Å². The maximum Gasteiger partial charge on any atom is 0.304 e. The molecule has 1 aromatic carbocycles. The molecule has 3 rings (SSSR count). The van der Waals surface area contributed by atoms with Crippen LogP contribution >= 0.6 is 11.3 Å². The summed E-state index contributed by atoms with van der Waals surface area (Å²) in [6.45, 7) is 0.244. The summed E-state index contributed by atoms with van der Waals surface area (Å²) in [6.07, 6.45) is 0. The molecule has 1 amide bonds. The summed E-state index contributed by atoms with van der Waals surface area (Å²) in [5.41, 5.74) is 7.96. The number of nitrogens with zero attached hydrogens (tertiary/aromatic N) is 1. The highest BCUT2D eigenvalue weighted by Crippen LogP contribution is 2.18. The van der Waals surface area contributed by atoms with Crippen LogP contribution in [0.1, 0.15) is 16.2 Å². The molecule has 0 aliphatic heterocycles. The maximum absolute atomic E-state index is 12.1. The third-order valence-electron chi connectivity index (χ3n) is 2.81. The van der Waals surface area contributed by atoms with Gasteiger partial charge in [-0.15, -0.1) is 0 Å². The number of nitrogens with one attached hydrogen (secondary N) is 3. The van der Waals surface area contributed by atoms with Crippen LogP contribution in [-0.4, -0.2) is 21.1 Å². The molecule has 5 N–H and O–H groups in total. The van der Waals surface area contributed by atoms with Gasteiger partial charge in [-0.05, 0) is 18.2 Å². The molecule has 0 spiro atoms. The number of fused-ring (bicyclic) bond motifs is 1. The van der Waals surface area contributed by atoms with Crippen LogP contribution in [0.25, 0.3) is 10.9 Å². The molecule has 2 heterocycles. The van der Waals surface area contributed by atoms with Crippen molar-refractivity contribution in [3.05, 3.63) is 44.6 Å². The number of hydrogen-bond donors (Lipinski definition) is 4. The molecule has 0 saturated heterocycles. The molecule has 8 heteroatoms. The SMILES string of the molecule is Nc1ccc2[nH]nc(C(=O)NCc3csc(=O)[nH]3)c2c1. The molecule has 0 fully saturated rings. The molecule has 0 aliphatic rings. The van der Waals surface area contributed by atoms with Crippen LogP contribution in [0.5, 0.6) is 0 Å². The Morgan fingerprint density at radius 2 is 2.30 bits per heavy atom. The van der Waals surface area contributed by atoms with E-state index in [4.69, 9.17) is 5.73 Å². The highest BCUT2D eigenvalue weighted by atomic mass is 32.1. The second-order valence-electron chi connectivity index (χ2n) is 4.23. The Morgan fingerprint density at radius 1 is 1.45 bits per heavy atom. The Balaban J connectivity index is 1.82. The summed E-state index contributed by atoms with van der Waals surface area (Å²) in [5.74, 6) is -0.325. The average Bonchev–Trinajstić information content (AvgIpc) is 3.02. The zero-order valence-corrected chi connectivity index (χ0v) is 11.1. The van der Waals surface area contributed by atoms with Crippen molar-refractivity contribution in [2.75, 3.05) is 5.73 Å². The van der Waals surface area contributed by atoms with Crippen LogP contribution in [0.4, 0.5) is 5.69 Å². The fourth-order valence-corrected chi connectivity index (χ4v) is 2.45. The molecule has 0 bridgehead atoms. The number of anilines is 1. The highest BCUT2D eigenvalue weighted by Gasteiger charge is 2.14. The topological polar surface area (TPSA) is 117 Å². The minimum atomic E-state index is -0.325. The number of rotatable bonds is 3. The van der Waals surface area contributed by atoms with Crippen molar-refractivity contribution in [1.82, 2.24) is 20.5 Å². The van der Waals surface area contributed by atoms with Crippen LogP contribution in [0.3, 0.4) is 0 Å². The molecule has 3 aromatic rings. The Labute approximate surface area is 116 Å². The van der Waals surface area contributed by atoms with E-state index in [1.165, 1.54) is 0 Å². The number of amides is 1. The smallest absolute Gasteiger partial charge is 0.304 e. The number of benzene rings is 1. The van der Waals surface area contributed by atoms with Gasteiger partial charge in [0.25, 0.3) is 5.91 Å². The summed E-state index contributed by atoms with van der Waals surface area (Å²) in [7, 11) is 0. The molecule has 0 aliphatic carbocycles. The van der Waals surface area contributed by atoms with Crippen molar-refractivity contribution < 1.29 is 4.79 Å². The lowest BCUT2D eigenvalue weighted by Gasteiger charge is -2.01. The molecular weight excluding hydrogens is 278 g/mol. The molecular formula is C12H11N5O2S. The van der Waals surface area contributed by atoms with E-state index in [-0.39, 0.29) is 23.0 Å². The number of H-pyrrole nitrogens is 2. The zero-order chi connectivity index (χ0) is 14.1. The molecule has 20 heavy (non-hydrogen) atoms. The Hall–Kier alpha value is -2.61. The number of carbonyl (C=O) groups excluding carboxylic acids is 1. The van der Waals surface area contributed by atoms with Crippen LogP contribution in [-0.2, 0) is 6.54 Å². The van der Waals surface area contributed by atoms with Gasteiger partial charge >= 0.3 is 4.87 Å². The number of aromatic nitrogens is 3. The molecule has 0 saturated carbocycles. The van der Waals surface area contributed by atoms with E-state index in [2.05, 4.69) is 20.5 Å². The number of nitrogens with two attached hydrogens (primary N) is 1. The van der Waals surface area contributed by atoms with Gasteiger partial charge in [0, 0.05) is 22.1 Å². The fourth-order valence-electron chi connectivity index (χ4n) is 1.86. The van der Waals surface area contributed by atoms with Gasteiger partial charge in [0.15, 0.2) is 5.69 Å². The summed E-state index contributed by atoms with van der Waals surface area (Å²) < 4.78 is 0. The molecule has 102 valence electrons. The Kier molecular flexibility index (Phi) is 2.99. The van der Waals surface area contributed by atoms with E-state index < -0.39 is 0 Å². The van der Waals surface area contributed by atoms with E-state index in [0.29, 0.717) is 16.8 Å². The van der Waals surface area contributed by atoms with Crippen molar-refractivity contribution >= 4 is 33.8 Å². The monoisotopic (exact) mass is 289 g/mol. The van der Waals surface area contributed by atoms with Gasteiger partial charge in [-0.25, -0.2) is 0 Å². The highest BCUT2D eigenvalue weighted by molar-refractivity contribution is 7.07. The van der Waals surface area contributed by atoms with E-state index >= 15 is 0 Å². The van der Waals surface area contributed by atoms with E-state index in [1.54, 1.807) is 23.6 Å². The first-order valence-electron chi connectivity index (χ1n) is 5.82. The number of carbonyl (C=O) groups is 1. The second kappa shape index (κ2) is 4.82. The second-order valence-corrected chi connectivity index (χ2v) is 5.08. The lowest BCUT2D eigenvalue weighted by Crippen LogP contribution is -2.23. The standard InChI is InChI=1S/C12H11N5O2S/c13-6-1-2-9-8(3-6)10(17-16-9)11(18)14-4-7-5-20-12(19)15-7/h1-3,5H,4,13H2,(H,14,18)(H,15,19)(H,16,17). The summed E-state index contributed by atoms with van der Waals surface area (Å²) in [6, 6.07) is 5.20. The first kappa shape index (κ1) is 12.4. The summed E-state index contributed by atoms with van der Waals surface area (Å²) in [4.78, 5) is 25.6. The third kappa shape index (κ3) is 2.28. The maximum atomic E-state index is 12.1. The van der Waals surface area contributed by atoms with Crippen LogP contribution in [0.2, 0.25) is 0 Å². The van der Waals surface area contributed by atoms with Gasteiger partial charge in [-0.2, -0.15) is 5.10 Å². The van der Waals surface area contributed by atoms with E-state index in [0.717, 1.165) is 16.9 Å². The largest absolute Gasteiger partial charge is 0.399 e. The number of aromatic amines is 2. The predicted octanol–water partition coefficient (Wildman–Crippen LogP) is 0.825. The molecule has 2 aromatic heterocycles. The lowest BCUT2D eigenvalue weighted by atomic mass is 10.2. The Morgan fingerprint density at radius 3 is 3.05 bits per heavy atom. The first-order valence-corrected chi connectivity index (χ1v) is 6.70. The number of hydrogen-bond acceptors (Lipinski definition) is 5. The normalized spacial score (nSPS) is 10.8. The predicted molar refractivity (Wildman–Crippen MR) is 76.6 cm³/mol. The first-order chi connectivity index (χ1) is 9.63. The molecule has 0 radical (unpaired) electrons. The van der Waals surface area contributed by atoms with Crippen LogP contribution in [0.15, 0.2) is 28.4 Å². The average molecular weight is 289 g/mol. The van der Waals surface area contributed by atoms with Crippen molar-refractivity contribution in [3.63, 3.8) is 0 Å². The quantitative estimate of drug-likeness (QED) is 0.534. The van der Waals surface area contributed by atoms with Gasteiger partial charge in [0.2, 0.25) is 0 Å². The summed E-state index contributed by atoms with van der Waals surface area (Å²) >= 11 is 1.06. The molecule has 7 nitrogen and oxygen atoms in total. The van der Waals surface area contributed by atoms with E-state index in [1.807, 2.05) is 0 Å². The number of thiazole rings is 1.